The first-order chi connectivity index (χ1) is 8.51. The highest BCUT2D eigenvalue weighted by atomic mass is 16.5. The van der Waals surface area contributed by atoms with E-state index in [-0.39, 0.29) is 13.2 Å². The van der Waals surface area contributed by atoms with Crippen molar-refractivity contribution in [2.45, 2.75) is 39.2 Å². The van der Waals surface area contributed by atoms with E-state index in [9.17, 15) is 14.4 Å². The van der Waals surface area contributed by atoms with Gasteiger partial charge in [0.2, 0.25) is 0 Å². The number of unbranched alkanes of at least 4 members (excludes halogenated alkanes) is 1. The van der Waals surface area contributed by atoms with Crippen molar-refractivity contribution >= 4 is 18.0 Å². The Labute approximate surface area is 106 Å². The molecule has 0 aliphatic heterocycles. The van der Waals surface area contributed by atoms with Crippen molar-refractivity contribution in [2.24, 2.45) is 0 Å². The molecule has 1 atom stereocenters. The molecule has 3 N–H and O–H groups in total. The molecule has 0 aliphatic carbocycles. The Hall–Kier alpha value is -1.79. The SMILES string of the molecule is CCCC[C@H](NC(=O)NCC(=O)OCC)C(=O)O. The van der Waals surface area contributed by atoms with E-state index in [4.69, 9.17) is 5.11 Å². The van der Waals surface area contributed by atoms with Gasteiger partial charge in [-0.2, -0.15) is 0 Å². The summed E-state index contributed by atoms with van der Waals surface area (Å²) in [5.41, 5.74) is 0. The first-order valence-electron chi connectivity index (χ1n) is 5.94. The first-order valence-corrected chi connectivity index (χ1v) is 5.94. The number of ether oxygens (including phenoxy) is 1. The van der Waals surface area contributed by atoms with Crippen LogP contribution in [-0.4, -0.2) is 42.3 Å². The van der Waals surface area contributed by atoms with Crippen LogP contribution in [0, 0.1) is 0 Å². The number of amides is 2. The summed E-state index contributed by atoms with van der Waals surface area (Å²) in [6, 6.07) is -1.63. The number of urea groups is 1. The van der Waals surface area contributed by atoms with E-state index in [1.165, 1.54) is 0 Å². The van der Waals surface area contributed by atoms with Crippen molar-refractivity contribution < 1.29 is 24.2 Å². The van der Waals surface area contributed by atoms with E-state index in [0.29, 0.717) is 12.8 Å². The summed E-state index contributed by atoms with van der Waals surface area (Å²) in [5, 5.41) is 13.4. The largest absolute Gasteiger partial charge is 0.480 e. The van der Waals surface area contributed by atoms with Crippen LogP contribution in [0.4, 0.5) is 4.79 Å². The lowest BCUT2D eigenvalue weighted by Crippen LogP contribution is -2.47. The lowest BCUT2D eigenvalue weighted by Gasteiger charge is -2.14. The van der Waals surface area contributed by atoms with Gasteiger partial charge in [0, 0.05) is 0 Å². The molecule has 0 radical (unpaired) electrons. The van der Waals surface area contributed by atoms with Crippen LogP contribution in [0.5, 0.6) is 0 Å². The summed E-state index contributed by atoms with van der Waals surface area (Å²) in [7, 11) is 0. The zero-order valence-electron chi connectivity index (χ0n) is 10.7. The van der Waals surface area contributed by atoms with Gasteiger partial charge in [0.15, 0.2) is 0 Å². The van der Waals surface area contributed by atoms with E-state index in [2.05, 4.69) is 15.4 Å². The number of nitrogens with one attached hydrogen (secondary N) is 2. The standard InChI is InChI=1S/C11H20N2O5/c1-3-5-6-8(10(15)16)13-11(17)12-7-9(14)18-4-2/h8H,3-7H2,1-2H3,(H,15,16)(H2,12,13,17)/t8-/m0/s1. The third kappa shape index (κ3) is 7.48. The van der Waals surface area contributed by atoms with Crippen LogP contribution in [0.15, 0.2) is 0 Å². The predicted octanol–water partition coefficient (Wildman–Crippen LogP) is 0.492. The highest BCUT2D eigenvalue weighted by molar-refractivity contribution is 5.84. The number of aliphatic carboxylic acids is 1. The summed E-state index contributed by atoms with van der Waals surface area (Å²) >= 11 is 0. The molecule has 0 bridgehead atoms. The van der Waals surface area contributed by atoms with Crippen LogP contribution in [0.2, 0.25) is 0 Å². The number of hydrogen-bond acceptors (Lipinski definition) is 4. The van der Waals surface area contributed by atoms with Gasteiger partial charge in [-0.3, -0.25) is 4.79 Å². The van der Waals surface area contributed by atoms with Gasteiger partial charge in [0.1, 0.15) is 12.6 Å². The lowest BCUT2D eigenvalue weighted by molar-refractivity contribution is -0.141. The molecule has 0 aromatic rings. The van der Waals surface area contributed by atoms with Gasteiger partial charge in [-0.15, -0.1) is 0 Å². The van der Waals surface area contributed by atoms with Crippen molar-refractivity contribution in [3.8, 4) is 0 Å². The second kappa shape index (κ2) is 9.26. The molecule has 7 nitrogen and oxygen atoms in total. The van der Waals surface area contributed by atoms with Crippen LogP contribution in [0.1, 0.15) is 33.1 Å². The molecule has 0 saturated heterocycles. The third-order valence-corrected chi connectivity index (χ3v) is 2.15. The van der Waals surface area contributed by atoms with Crippen molar-refractivity contribution in [2.75, 3.05) is 13.2 Å². The molecule has 0 fully saturated rings. The molecule has 0 aromatic carbocycles. The zero-order chi connectivity index (χ0) is 14.0. The van der Waals surface area contributed by atoms with Crippen molar-refractivity contribution in [3.05, 3.63) is 0 Å². The molecule has 7 heteroatoms. The maximum Gasteiger partial charge on any atom is 0.326 e. The number of esters is 1. The van der Waals surface area contributed by atoms with Gasteiger partial charge in [-0.05, 0) is 13.3 Å². The third-order valence-electron chi connectivity index (χ3n) is 2.15. The molecule has 104 valence electrons. The second-order valence-corrected chi connectivity index (χ2v) is 3.67. The summed E-state index contributed by atoms with van der Waals surface area (Å²) < 4.78 is 4.61. The van der Waals surface area contributed by atoms with E-state index >= 15 is 0 Å². The summed E-state index contributed by atoms with van der Waals surface area (Å²) in [6.07, 6.45) is 1.91. The number of rotatable bonds is 8. The van der Waals surface area contributed by atoms with Gasteiger partial charge in [0.05, 0.1) is 6.61 Å². The van der Waals surface area contributed by atoms with Crippen LogP contribution in [0.25, 0.3) is 0 Å². The Kier molecular flexibility index (Phi) is 8.34. The lowest BCUT2D eigenvalue weighted by atomic mass is 10.1. The predicted molar refractivity (Wildman–Crippen MR) is 64.1 cm³/mol. The normalized spacial score (nSPS) is 11.4. The van der Waals surface area contributed by atoms with E-state index in [1.807, 2.05) is 6.92 Å². The fraction of sp³-hybridized carbons (Fsp3) is 0.727. The Bertz CT molecular complexity index is 293. The van der Waals surface area contributed by atoms with Gasteiger partial charge in [-0.25, -0.2) is 9.59 Å². The number of hydrogen-bond donors (Lipinski definition) is 3. The van der Waals surface area contributed by atoms with Crippen LogP contribution < -0.4 is 10.6 Å². The highest BCUT2D eigenvalue weighted by Gasteiger charge is 2.19. The summed E-state index contributed by atoms with van der Waals surface area (Å²) in [6.45, 7) is 3.54. The van der Waals surface area contributed by atoms with Gasteiger partial charge >= 0.3 is 18.0 Å². The molecule has 2 amide bonds. The van der Waals surface area contributed by atoms with Crippen LogP contribution in [0.3, 0.4) is 0 Å². The first kappa shape index (κ1) is 16.2. The molecular formula is C11H20N2O5. The number of carboxylic acid groups (broad SMARTS) is 1. The quantitative estimate of drug-likeness (QED) is 0.551. The maximum atomic E-state index is 11.3. The van der Waals surface area contributed by atoms with Crippen molar-refractivity contribution in [3.63, 3.8) is 0 Å². The smallest absolute Gasteiger partial charge is 0.326 e. The summed E-state index contributed by atoms with van der Waals surface area (Å²) in [4.78, 5) is 33.1. The molecule has 0 rings (SSSR count). The average Bonchev–Trinajstić information content (AvgIpc) is 2.32. The Morgan fingerprint density at radius 3 is 2.44 bits per heavy atom. The van der Waals surface area contributed by atoms with Gasteiger partial charge in [0.25, 0.3) is 0 Å². The minimum Gasteiger partial charge on any atom is -0.480 e. The monoisotopic (exact) mass is 260 g/mol. The Morgan fingerprint density at radius 1 is 1.28 bits per heavy atom. The topological polar surface area (TPSA) is 105 Å². The zero-order valence-corrected chi connectivity index (χ0v) is 10.7. The summed E-state index contributed by atoms with van der Waals surface area (Å²) in [5.74, 6) is -1.65. The van der Waals surface area contributed by atoms with E-state index in [0.717, 1.165) is 6.42 Å². The van der Waals surface area contributed by atoms with Gasteiger partial charge in [-0.1, -0.05) is 19.8 Å². The molecule has 18 heavy (non-hydrogen) atoms. The fourth-order valence-electron chi connectivity index (χ4n) is 1.24. The number of carboxylic acids is 1. The minimum atomic E-state index is -1.09. The molecule has 0 spiro atoms. The van der Waals surface area contributed by atoms with Crippen LogP contribution >= 0.6 is 0 Å². The van der Waals surface area contributed by atoms with Gasteiger partial charge < -0.3 is 20.5 Å². The minimum absolute atomic E-state index is 0.233. The van der Waals surface area contributed by atoms with E-state index in [1.54, 1.807) is 6.92 Å². The molecule has 0 aliphatic rings. The average molecular weight is 260 g/mol. The molecule has 0 heterocycles. The second-order valence-electron chi connectivity index (χ2n) is 3.67. The molecule has 0 aromatic heterocycles. The molecule has 0 unspecified atom stereocenters. The van der Waals surface area contributed by atoms with E-state index < -0.39 is 24.0 Å². The van der Waals surface area contributed by atoms with Crippen LogP contribution in [-0.2, 0) is 14.3 Å². The maximum absolute atomic E-state index is 11.3. The molecular weight excluding hydrogens is 240 g/mol. The fourth-order valence-corrected chi connectivity index (χ4v) is 1.24. The number of carbonyl (C=O) groups is 3. The Morgan fingerprint density at radius 2 is 1.94 bits per heavy atom. The van der Waals surface area contributed by atoms with Crippen molar-refractivity contribution in [1.82, 2.24) is 10.6 Å². The highest BCUT2D eigenvalue weighted by Crippen LogP contribution is 2.00. The molecule has 0 saturated carbocycles. The van der Waals surface area contributed by atoms with Crippen molar-refractivity contribution in [1.29, 1.82) is 0 Å². The Balaban J connectivity index is 4.02. The number of carbonyl (C=O) groups excluding carboxylic acids is 2.